The molecule has 0 spiro atoms. The van der Waals surface area contributed by atoms with Gasteiger partial charge in [-0.3, -0.25) is 4.79 Å². The van der Waals surface area contributed by atoms with Crippen LogP contribution < -0.4 is 21.7 Å². The quantitative estimate of drug-likeness (QED) is 0.512. The summed E-state index contributed by atoms with van der Waals surface area (Å²) in [6.45, 7) is 1.99. The van der Waals surface area contributed by atoms with Crippen LogP contribution in [0.2, 0.25) is 0 Å². The number of rotatable bonds is 7. The summed E-state index contributed by atoms with van der Waals surface area (Å²) >= 11 is 0. The molecule has 2 aromatic carbocycles. The minimum Gasteiger partial charge on any atom is -0.388 e. The van der Waals surface area contributed by atoms with Crippen molar-refractivity contribution in [3.63, 3.8) is 0 Å². The van der Waals surface area contributed by atoms with E-state index in [1.807, 2.05) is 68.6 Å². The molecule has 1 atom stereocenters. The third-order valence-electron chi connectivity index (χ3n) is 4.11. The number of hydrogen-bond donors (Lipinski definition) is 4. The van der Waals surface area contributed by atoms with Crippen molar-refractivity contribution in [1.29, 1.82) is 0 Å². The molecule has 7 nitrogen and oxygen atoms in total. The van der Waals surface area contributed by atoms with Crippen molar-refractivity contribution in [2.24, 2.45) is 5.73 Å². The Bertz CT molecular complexity index is 929. The number of amides is 1. The van der Waals surface area contributed by atoms with Crippen LogP contribution in [-0.4, -0.2) is 22.9 Å². The number of hydrogen-bond acceptors (Lipinski definition) is 6. The molecule has 3 rings (SSSR count). The van der Waals surface area contributed by atoms with Crippen molar-refractivity contribution in [3.8, 4) is 0 Å². The molecule has 0 unspecified atom stereocenters. The first-order valence-electron chi connectivity index (χ1n) is 8.60. The zero-order valence-electron chi connectivity index (χ0n) is 15.2. The van der Waals surface area contributed by atoms with Gasteiger partial charge in [-0.05, 0) is 30.7 Å². The number of nitrogens with one attached hydrogen (secondary N) is 3. The summed E-state index contributed by atoms with van der Waals surface area (Å²) in [5, 5.41) is 9.47. The van der Waals surface area contributed by atoms with Crippen LogP contribution >= 0.6 is 0 Å². The summed E-state index contributed by atoms with van der Waals surface area (Å²) in [6.07, 6.45) is 1.43. The average Bonchev–Trinajstić information content (AvgIpc) is 2.68. The first kappa shape index (κ1) is 18.2. The van der Waals surface area contributed by atoms with Crippen molar-refractivity contribution >= 4 is 29.0 Å². The van der Waals surface area contributed by atoms with E-state index in [2.05, 4.69) is 25.9 Å². The number of aromatic nitrogens is 2. The van der Waals surface area contributed by atoms with E-state index < -0.39 is 5.91 Å². The maximum absolute atomic E-state index is 11.8. The van der Waals surface area contributed by atoms with E-state index in [0.29, 0.717) is 11.8 Å². The van der Waals surface area contributed by atoms with Gasteiger partial charge < -0.3 is 21.7 Å². The molecular weight excluding hydrogens is 340 g/mol. The molecule has 1 amide bonds. The van der Waals surface area contributed by atoms with Crippen LogP contribution in [0.3, 0.4) is 0 Å². The molecule has 3 aromatic rings. The summed E-state index contributed by atoms with van der Waals surface area (Å²) in [6, 6.07) is 17.6. The van der Waals surface area contributed by atoms with Crippen molar-refractivity contribution in [2.45, 2.75) is 13.0 Å². The highest BCUT2D eigenvalue weighted by Crippen LogP contribution is 2.23. The molecule has 0 aliphatic rings. The van der Waals surface area contributed by atoms with Crippen LogP contribution in [0.1, 0.15) is 28.9 Å². The third kappa shape index (κ3) is 4.52. The molecule has 1 aromatic heterocycles. The molecule has 0 bridgehead atoms. The highest BCUT2D eigenvalue weighted by atomic mass is 16.1. The molecule has 1 heterocycles. The molecule has 0 radical (unpaired) electrons. The van der Waals surface area contributed by atoms with Gasteiger partial charge in [-0.25, -0.2) is 4.98 Å². The number of primary amides is 1. The molecule has 5 N–H and O–H groups in total. The highest BCUT2D eigenvalue weighted by molar-refractivity contribution is 5.97. The number of carbonyl (C=O) groups is 1. The Morgan fingerprint density at radius 1 is 1.07 bits per heavy atom. The molecule has 0 aliphatic carbocycles. The third-order valence-corrected chi connectivity index (χ3v) is 4.11. The Morgan fingerprint density at radius 2 is 1.81 bits per heavy atom. The number of benzene rings is 2. The largest absolute Gasteiger partial charge is 0.388 e. The molecule has 0 aliphatic heterocycles. The van der Waals surface area contributed by atoms with E-state index in [9.17, 15) is 4.79 Å². The van der Waals surface area contributed by atoms with E-state index in [0.717, 1.165) is 16.9 Å². The van der Waals surface area contributed by atoms with Crippen molar-refractivity contribution < 1.29 is 4.79 Å². The minimum absolute atomic E-state index is 0.0559. The smallest absolute Gasteiger partial charge is 0.254 e. The number of anilines is 4. The maximum atomic E-state index is 11.8. The van der Waals surface area contributed by atoms with E-state index in [4.69, 9.17) is 5.73 Å². The summed E-state index contributed by atoms with van der Waals surface area (Å²) in [5.74, 6) is 0.179. The van der Waals surface area contributed by atoms with Crippen LogP contribution in [-0.2, 0) is 0 Å². The second-order valence-corrected chi connectivity index (χ2v) is 6.05. The van der Waals surface area contributed by atoms with Crippen LogP contribution in [0, 0.1) is 0 Å². The zero-order valence-corrected chi connectivity index (χ0v) is 15.2. The lowest BCUT2D eigenvalue weighted by molar-refractivity contribution is 0.100. The van der Waals surface area contributed by atoms with E-state index in [-0.39, 0.29) is 11.6 Å². The van der Waals surface area contributed by atoms with Gasteiger partial charge in [-0.2, -0.15) is 4.98 Å². The van der Waals surface area contributed by atoms with Gasteiger partial charge in [0, 0.05) is 30.7 Å². The topological polar surface area (TPSA) is 105 Å². The first-order valence-corrected chi connectivity index (χ1v) is 8.60. The molecule has 7 heteroatoms. The summed E-state index contributed by atoms with van der Waals surface area (Å²) < 4.78 is 0. The van der Waals surface area contributed by atoms with Crippen LogP contribution in [0.25, 0.3) is 0 Å². The molecule has 0 saturated heterocycles. The number of nitrogens with two attached hydrogens (primary N) is 1. The molecule has 0 saturated carbocycles. The number of nitrogens with zero attached hydrogens (tertiary/aromatic N) is 2. The average molecular weight is 362 g/mol. The fourth-order valence-electron chi connectivity index (χ4n) is 2.64. The van der Waals surface area contributed by atoms with E-state index >= 15 is 0 Å². The van der Waals surface area contributed by atoms with E-state index in [1.54, 1.807) is 0 Å². The lowest BCUT2D eigenvalue weighted by Gasteiger charge is -2.17. The molecule has 27 heavy (non-hydrogen) atoms. The monoisotopic (exact) mass is 362 g/mol. The lowest BCUT2D eigenvalue weighted by atomic mass is 10.1. The zero-order chi connectivity index (χ0) is 19.2. The van der Waals surface area contributed by atoms with Gasteiger partial charge in [-0.15, -0.1) is 0 Å². The van der Waals surface area contributed by atoms with E-state index in [1.165, 1.54) is 6.20 Å². The predicted octanol–water partition coefficient (Wildman–Crippen LogP) is 3.53. The fourth-order valence-corrected chi connectivity index (χ4v) is 2.64. The Kier molecular flexibility index (Phi) is 5.51. The molecular formula is C20H22N6O. The van der Waals surface area contributed by atoms with Gasteiger partial charge in [0.2, 0.25) is 5.95 Å². The molecule has 138 valence electrons. The van der Waals surface area contributed by atoms with Crippen molar-refractivity contribution in [3.05, 3.63) is 71.9 Å². The second-order valence-electron chi connectivity index (χ2n) is 6.05. The Morgan fingerprint density at radius 3 is 2.52 bits per heavy atom. The molecule has 0 fully saturated rings. The first-order chi connectivity index (χ1) is 13.1. The van der Waals surface area contributed by atoms with Crippen molar-refractivity contribution in [2.75, 3.05) is 23.0 Å². The SMILES string of the molecule is CNc1cccc(Nc2ncc(C(N)=O)c(N[C@H](C)c3ccccc3)n2)c1. The number of carbonyl (C=O) groups excluding carboxylic acids is 1. The summed E-state index contributed by atoms with van der Waals surface area (Å²) in [5.41, 5.74) is 8.59. The maximum Gasteiger partial charge on any atom is 0.254 e. The standard InChI is InChI=1S/C20H22N6O/c1-13(14-7-4-3-5-8-14)24-19-17(18(21)27)12-23-20(26-19)25-16-10-6-9-15(11-16)22-2/h3-13,22H,1-2H3,(H2,21,27)(H2,23,24,25,26)/t13-/m1/s1. The van der Waals surface area contributed by atoms with Gasteiger partial charge in [0.15, 0.2) is 0 Å². The Labute approximate surface area is 158 Å². The Hall–Kier alpha value is -3.61. The van der Waals surface area contributed by atoms with Gasteiger partial charge in [0.05, 0.1) is 5.56 Å². The Balaban J connectivity index is 1.87. The second kappa shape index (κ2) is 8.18. The van der Waals surface area contributed by atoms with Crippen LogP contribution in [0.15, 0.2) is 60.8 Å². The highest BCUT2D eigenvalue weighted by Gasteiger charge is 2.15. The predicted molar refractivity (Wildman–Crippen MR) is 108 cm³/mol. The van der Waals surface area contributed by atoms with Crippen molar-refractivity contribution in [1.82, 2.24) is 9.97 Å². The van der Waals surface area contributed by atoms with Gasteiger partial charge >= 0.3 is 0 Å². The summed E-state index contributed by atoms with van der Waals surface area (Å²) in [4.78, 5) is 20.4. The van der Waals surface area contributed by atoms with Gasteiger partial charge in [0.1, 0.15) is 5.82 Å². The van der Waals surface area contributed by atoms with Crippen LogP contribution in [0.5, 0.6) is 0 Å². The van der Waals surface area contributed by atoms with Gasteiger partial charge in [-0.1, -0.05) is 36.4 Å². The van der Waals surface area contributed by atoms with Gasteiger partial charge in [0.25, 0.3) is 5.91 Å². The lowest BCUT2D eigenvalue weighted by Crippen LogP contribution is -2.18. The van der Waals surface area contributed by atoms with Crippen LogP contribution in [0.4, 0.5) is 23.1 Å². The fraction of sp³-hybridized carbons (Fsp3) is 0.150. The summed E-state index contributed by atoms with van der Waals surface area (Å²) in [7, 11) is 1.85. The normalized spacial score (nSPS) is 11.5. The minimum atomic E-state index is -0.582.